The van der Waals surface area contributed by atoms with Crippen LogP contribution in [0.4, 0.5) is 4.79 Å². The zero-order valence-electron chi connectivity index (χ0n) is 10.5. The number of benzene rings is 1. The van der Waals surface area contributed by atoms with Crippen molar-refractivity contribution in [2.45, 2.75) is 31.7 Å². The Balaban J connectivity index is 2.47. The van der Waals surface area contributed by atoms with Crippen molar-refractivity contribution >= 4 is 6.09 Å². The zero-order valence-corrected chi connectivity index (χ0v) is 10.5. The number of carboxylic acid groups (broad SMARTS) is 1. The Kier molecular flexibility index (Phi) is 3.13. The minimum Gasteiger partial charge on any atom is -0.465 e. The molecule has 1 N–H and O–H groups in total. The van der Waals surface area contributed by atoms with Gasteiger partial charge in [0.25, 0.3) is 0 Å². The van der Waals surface area contributed by atoms with E-state index in [-0.39, 0.29) is 12.1 Å². The van der Waals surface area contributed by atoms with Gasteiger partial charge in [0.05, 0.1) is 6.04 Å². The second-order valence-electron chi connectivity index (χ2n) is 4.77. The van der Waals surface area contributed by atoms with E-state index in [0.717, 1.165) is 5.56 Å². The molecule has 0 radical (unpaired) electrons. The first-order chi connectivity index (χ1) is 8.47. The molecule has 1 heterocycles. The molecule has 1 aliphatic heterocycles. The monoisotopic (exact) mass is 247 g/mol. The zero-order chi connectivity index (χ0) is 13.3. The molecule has 0 spiro atoms. The fourth-order valence-electron chi connectivity index (χ4n) is 2.45. The third kappa shape index (κ3) is 1.99. The van der Waals surface area contributed by atoms with E-state index in [1.807, 2.05) is 30.3 Å². The normalized spacial score (nSPS) is 26.0. The Labute approximate surface area is 106 Å². The lowest BCUT2D eigenvalue weighted by molar-refractivity contribution is -0.0560. The van der Waals surface area contributed by atoms with Crippen LogP contribution < -0.4 is 0 Å². The number of nitrogens with zero attached hydrogens (tertiary/aromatic N) is 1. The van der Waals surface area contributed by atoms with Crippen molar-refractivity contribution in [1.29, 1.82) is 0 Å². The van der Waals surface area contributed by atoms with Gasteiger partial charge in [-0.25, -0.2) is 4.79 Å². The molecule has 2 atom stereocenters. The molecular formula is C14H17NO3. The van der Waals surface area contributed by atoms with E-state index in [4.69, 9.17) is 4.74 Å². The Bertz CT molecular complexity index is 455. The summed E-state index contributed by atoms with van der Waals surface area (Å²) in [5, 5.41) is 9.41. The second-order valence-corrected chi connectivity index (χ2v) is 4.77. The maximum atomic E-state index is 11.5. The number of hydrogen-bond donors (Lipinski definition) is 1. The lowest BCUT2D eigenvalue weighted by atomic mass is 10.0. The lowest BCUT2D eigenvalue weighted by Crippen LogP contribution is -2.44. The van der Waals surface area contributed by atoms with Gasteiger partial charge in [0, 0.05) is 0 Å². The molecule has 2 rings (SSSR count). The highest BCUT2D eigenvalue weighted by Gasteiger charge is 2.49. The van der Waals surface area contributed by atoms with E-state index in [1.165, 1.54) is 4.90 Å². The van der Waals surface area contributed by atoms with Crippen LogP contribution in [0.15, 0.2) is 43.0 Å². The molecule has 4 heteroatoms. The molecule has 1 amide bonds. The maximum Gasteiger partial charge on any atom is 0.410 e. The highest BCUT2D eigenvalue weighted by molar-refractivity contribution is 5.67. The highest BCUT2D eigenvalue weighted by Crippen LogP contribution is 2.41. The molecule has 1 saturated heterocycles. The third-order valence-electron chi connectivity index (χ3n) is 3.17. The topological polar surface area (TPSA) is 49.8 Å². The number of rotatable bonds is 2. The minimum atomic E-state index is -0.988. The second kappa shape index (κ2) is 4.46. The van der Waals surface area contributed by atoms with Crippen LogP contribution in [0.3, 0.4) is 0 Å². The van der Waals surface area contributed by atoms with E-state index in [0.29, 0.717) is 0 Å². The van der Waals surface area contributed by atoms with Gasteiger partial charge in [-0.05, 0) is 19.4 Å². The van der Waals surface area contributed by atoms with Crippen LogP contribution in [0.5, 0.6) is 0 Å². The van der Waals surface area contributed by atoms with E-state index in [1.54, 1.807) is 19.9 Å². The molecule has 1 fully saturated rings. The summed E-state index contributed by atoms with van der Waals surface area (Å²) in [5.74, 6) is 0. The van der Waals surface area contributed by atoms with Gasteiger partial charge in [0.2, 0.25) is 0 Å². The SMILES string of the molecule is C=C[C@H]1OC(C)(C)N(C(=O)O)[C@H]1c1ccccc1. The summed E-state index contributed by atoms with van der Waals surface area (Å²) in [7, 11) is 0. The summed E-state index contributed by atoms with van der Waals surface area (Å²) in [5.41, 5.74) is 0.0564. The smallest absolute Gasteiger partial charge is 0.410 e. The van der Waals surface area contributed by atoms with Crippen LogP contribution in [0.2, 0.25) is 0 Å². The van der Waals surface area contributed by atoms with Gasteiger partial charge >= 0.3 is 6.09 Å². The predicted molar refractivity (Wildman–Crippen MR) is 68.2 cm³/mol. The minimum absolute atomic E-state index is 0.335. The van der Waals surface area contributed by atoms with Gasteiger partial charge in [-0.3, -0.25) is 4.90 Å². The fraction of sp³-hybridized carbons (Fsp3) is 0.357. The molecule has 0 saturated carbocycles. The molecule has 1 aromatic carbocycles. The summed E-state index contributed by atoms with van der Waals surface area (Å²) >= 11 is 0. The number of carbonyl (C=O) groups is 1. The van der Waals surface area contributed by atoms with Gasteiger partial charge in [0.1, 0.15) is 11.8 Å². The molecule has 96 valence electrons. The van der Waals surface area contributed by atoms with Crippen LogP contribution in [0, 0.1) is 0 Å². The predicted octanol–water partition coefficient (Wildman–Crippen LogP) is 3.03. The summed E-state index contributed by atoms with van der Waals surface area (Å²) in [6.45, 7) is 7.23. The summed E-state index contributed by atoms with van der Waals surface area (Å²) in [4.78, 5) is 12.8. The highest BCUT2D eigenvalue weighted by atomic mass is 16.6. The van der Waals surface area contributed by atoms with Crippen LogP contribution in [-0.4, -0.2) is 27.9 Å². The first-order valence-corrected chi connectivity index (χ1v) is 5.85. The van der Waals surface area contributed by atoms with Crippen molar-refractivity contribution in [2.24, 2.45) is 0 Å². The van der Waals surface area contributed by atoms with Gasteiger partial charge in [-0.2, -0.15) is 0 Å². The molecule has 0 unspecified atom stereocenters. The first kappa shape index (κ1) is 12.6. The Morgan fingerprint density at radius 2 is 2.06 bits per heavy atom. The van der Waals surface area contributed by atoms with Crippen molar-refractivity contribution < 1.29 is 14.6 Å². The lowest BCUT2D eigenvalue weighted by Gasteiger charge is -2.31. The van der Waals surface area contributed by atoms with Crippen molar-refractivity contribution in [3.63, 3.8) is 0 Å². The van der Waals surface area contributed by atoms with Gasteiger partial charge < -0.3 is 9.84 Å². The Morgan fingerprint density at radius 3 is 2.56 bits per heavy atom. The van der Waals surface area contributed by atoms with Crippen molar-refractivity contribution in [1.82, 2.24) is 4.90 Å². The van der Waals surface area contributed by atoms with Gasteiger partial charge in [-0.1, -0.05) is 36.4 Å². The van der Waals surface area contributed by atoms with Crippen LogP contribution in [0.1, 0.15) is 25.5 Å². The standard InChI is InChI=1S/C14H17NO3/c1-4-11-12(10-8-6-5-7-9-10)15(13(16)17)14(2,3)18-11/h4-9,11-12H,1H2,2-3H3,(H,16,17)/t11-,12+/m1/s1. The average Bonchev–Trinajstić information content (AvgIpc) is 2.61. The molecule has 18 heavy (non-hydrogen) atoms. The van der Waals surface area contributed by atoms with E-state index in [2.05, 4.69) is 6.58 Å². The van der Waals surface area contributed by atoms with E-state index in [9.17, 15) is 9.90 Å². The Morgan fingerprint density at radius 1 is 1.44 bits per heavy atom. The van der Waals surface area contributed by atoms with Gasteiger partial charge in [-0.15, -0.1) is 6.58 Å². The van der Waals surface area contributed by atoms with Crippen molar-refractivity contribution in [3.05, 3.63) is 48.6 Å². The van der Waals surface area contributed by atoms with Crippen LogP contribution in [-0.2, 0) is 4.74 Å². The number of ether oxygens (including phenoxy) is 1. The van der Waals surface area contributed by atoms with E-state index >= 15 is 0 Å². The van der Waals surface area contributed by atoms with Crippen molar-refractivity contribution in [2.75, 3.05) is 0 Å². The molecular weight excluding hydrogens is 230 g/mol. The summed E-state index contributed by atoms with van der Waals surface area (Å²) in [6.07, 6.45) is 0.333. The molecule has 0 aliphatic carbocycles. The van der Waals surface area contributed by atoms with Crippen LogP contribution in [0.25, 0.3) is 0 Å². The number of amides is 1. The fourth-order valence-corrected chi connectivity index (χ4v) is 2.45. The first-order valence-electron chi connectivity index (χ1n) is 5.85. The third-order valence-corrected chi connectivity index (χ3v) is 3.17. The number of hydrogen-bond acceptors (Lipinski definition) is 2. The average molecular weight is 247 g/mol. The molecule has 1 aliphatic rings. The molecule has 0 bridgehead atoms. The molecule has 0 aromatic heterocycles. The Hall–Kier alpha value is -1.81. The molecule has 1 aromatic rings. The quantitative estimate of drug-likeness (QED) is 0.817. The summed E-state index contributed by atoms with van der Waals surface area (Å²) < 4.78 is 5.77. The molecule has 4 nitrogen and oxygen atoms in total. The summed E-state index contributed by atoms with van der Waals surface area (Å²) in [6, 6.07) is 9.14. The van der Waals surface area contributed by atoms with Gasteiger partial charge in [0.15, 0.2) is 0 Å². The maximum absolute atomic E-state index is 11.5. The largest absolute Gasteiger partial charge is 0.465 e. The van der Waals surface area contributed by atoms with Crippen molar-refractivity contribution in [3.8, 4) is 0 Å². The van der Waals surface area contributed by atoms with Crippen LogP contribution >= 0.6 is 0 Å². The van der Waals surface area contributed by atoms with E-state index < -0.39 is 11.8 Å².